The first-order chi connectivity index (χ1) is 5.96. The summed E-state index contributed by atoms with van der Waals surface area (Å²) in [6, 6.07) is 0. The van der Waals surface area contributed by atoms with Crippen LogP contribution in [0.25, 0.3) is 0 Å². The van der Waals surface area contributed by atoms with E-state index in [4.69, 9.17) is 0 Å². The molecule has 2 aliphatic carbocycles. The highest BCUT2D eigenvalue weighted by atomic mass is 16.3. The van der Waals surface area contributed by atoms with Gasteiger partial charge in [-0.3, -0.25) is 4.79 Å². The summed E-state index contributed by atoms with van der Waals surface area (Å²) in [4.78, 5) is 11.7. The Morgan fingerprint density at radius 2 is 2.15 bits per heavy atom. The Bertz CT molecular complexity index is 263. The van der Waals surface area contributed by atoms with Crippen LogP contribution >= 0.6 is 0 Å². The molecule has 2 fully saturated rings. The largest absolute Gasteiger partial charge is 0.396 e. The average molecular weight is 184 g/mol. The van der Waals surface area contributed by atoms with Crippen molar-refractivity contribution in [1.29, 1.82) is 0 Å². The molecular weight excluding hydrogens is 168 g/mol. The molecule has 0 spiro atoms. The minimum absolute atomic E-state index is 0.00301. The Morgan fingerprint density at radius 1 is 1.54 bits per heavy atom. The third-order valence-corrected chi connectivity index (χ3v) is 4.60. The van der Waals surface area contributed by atoms with Gasteiger partial charge < -0.3 is 10.2 Å². The number of carbonyl (C=O) groups is 1. The summed E-state index contributed by atoms with van der Waals surface area (Å²) >= 11 is 0. The molecule has 3 heteroatoms. The van der Waals surface area contributed by atoms with Crippen molar-refractivity contribution >= 4 is 5.78 Å². The minimum Gasteiger partial charge on any atom is -0.396 e. The molecule has 2 rings (SSSR count). The van der Waals surface area contributed by atoms with E-state index in [0.717, 1.165) is 0 Å². The maximum Gasteiger partial charge on any atom is 0.142 e. The molecule has 4 atom stereocenters. The first-order valence-corrected chi connectivity index (χ1v) is 4.79. The molecule has 0 amide bonds. The Balaban J connectivity index is 2.49. The summed E-state index contributed by atoms with van der Waals surface area (Å²) in [5, 5.41) is 19.1. The Kier molecular flexibility index (Phi) is 1.65. The Hall–Kier alpha value is -0.410. The Morgan fingerprint density at radius 3 is 2.46 bits per heavy atom. The second-order valence-electron chi connectivity index (χ2n) is 4.85. The van der Waals surface area contributed by atoms with E-state index in [2.05, 4.69) is 0 Å². The van der Waals surface area contributed by atoms with Crippen LogP contribution in [0.15, 0.2) is 0 Å². The highest BCUT2D eigenvalue weighted by Gasteiger charge is 2.68. The molecule has 3 nitrogen and oxygen atoms in total. The monoisotopic (exact) mass is 184 g/mol. The molecule has 2 bridgehead atoms. The average Bonchev–Trinajstić information content (AvgIpc) is 2.38. The number of rotatable bonds is 1. The first-order valence-electron chi connectivity index (χ1n) is 4.79. The summed E-state index contributed by atoms with van der Waals surface area (Å²) in [7, 11) is 0. The number of Topliss-reactive ketones (excluding diaryl/α,β-unsaturated/α-hetero) is 1. The van der Waals surface area contributed by atoms with Gasteiger partial charge >= 0.3 is 0 Å². The molecule has 0 aromatic rings. The van der Waals surface area contributed by atoms with Gasteiger partial charge in [0, 0.05) is 18.4 Å². The molecule has 0 aromatic heterocycles. The van der Waals surface area contributed by atoms with E-state index < -0.39 is 16.9 Å². The van der Waals surface area contributed by atoms with Crippen molar-refractivity contribution in [2.75, 3.05) is 6.61 Å². The zero-order chi connectivity index (χ0) is 9.85. The molecule has 0 radical (unpaired) electrons. The maximum atomic E-state index is 11.7. The predicted molar refractivity (Wildman–Crippen MR) is 47.0 cm³/mol. The molecular formula is C10H16O3. The van der Waals surface area contributed by atoms with Gasteiger partial charge in [-0.1, -0.05) is 6.92 Å². The van der Waals surface area contributed by atoms with Crippen LogP contribution in [0.3, 0.4) is 0 Å². The lowest BCUT2D eigenvalue weighted by atomic mass is 9.68. The van der Waals surface area contributed by atoms with E-state index >= 15 is 0 Å². The quantitative estimate of drug-likeness (QED) is 0.618. The Labute approximate surface area is 77.8 Å². The normalized spacial score (nSPS) is 54.6. The molecule has 2 saturated carbocycles. The van der Waals surface area contributed by atoms with Crippen molar-refractivity contribution in [3.63, 3.8) is 0 Å². The van der Waals surface area contributed by atoms with Crippen LogP contribution in [0.4, 0.5) is 0 Å². The van der Waals surface area contributed by atoms with E-state index in [1.165, 1.54) is 0 Å². The molecule has 4 unspecified atom stereocenters. The lowest BCUT2D eigenvalue weighted by Gasteiger charge is -2.36. The third-order valence-electron chi connectivity index (χ3n) is 4.60. The summed E-state index contributed by atoms with van der Waals surface area (Å²) in [6.45, 7) is 3.71. The fraction of sp³-hybridized carbons (Fsp3) is 0.900. The fourth-order valence-corrected chi connectivity index (χ4v) is 3.11. The van der Waals surface area contributed by atoms with Crippen molar-refractivity contribution in [3.05, 3.63) is 0 Å². The smallest absolute Gasteiger partial charge is 0.142 e. The summed E-state index contributed by atoms with van der Waals surface area (Å²) in [5.74, 6) is 0.290. The van der Waals surface area contributed by atoms with Crippen LogP contribution in [-0.2, 0) is 4.79 Å². The third kappa shape index (κ3) is 0.754. The van der Waals surface area contributed by atoms with Crippen LogP contribution in [0.5, 0.6) is 0 Å². The number of hydrogen-bond acceptors (Lipinski definition) is 3. The van der Waals surface area contributed by atoms with Crippen molar-refractivity contribution in [2.45, 2.75) is 32.8 Å². The predicted octanol–water partition coefficient (Wildman–Crippen LogP) is 0.345. The minimum atomic E-state index is -0.702. The molecule has 2 aliphatic rings. The van der Waals surface area contributed by atoms with E-state index in [9.17, 15) is 15.0 Å². The van der Waals surface area contributed by atoms with Crippen LogP contribution < -0.4 is 0 Å². The van der Waals surface area contributed by atoms with E-state index in [0.29, 0.717) is 12.8 Å². The number of ketones is 1. The summed E-state index contributed by atoms with van der Waals surface area (Å²) < 4.78 is 0. The summed E-state index contributed by atoms with van der Waals surface area (Å²) in [5.41, 5.74) is -1.10. The fourth-order valence-electron chi connectivity index (χ4n) is 3.11. The van der Waals surface area contributed by atoms with Gasteiger partial charge in [0.1, 0.15) is 5.78 Å². The molecule has 0 heterocycles. The van der Waals surface area contributed by atoms with Crippen LogP contribution in [-0.4, -0.2) is 28.7 Å². The van der Waals surface area contributed by atoms with Gasteiger partial charge in [0.25, 0.3) is 0 Å². The summed E-state index contributed by atoms with van der Waals surface area (Å²) in [6.07, 6.45) is 0.639. The SMILES string of the molecule is CC1(CO)C2CC(=O)C1(C)C(O)C2. The molecule has 74 valence electrons. The van der Waals surface area contributed by atoms with Gasteiger partial charge in [0.15, 0.2) is 0 Å². The molecule has 13 heavy (non-hydrogen) atoms. The highest BCUT2D eigenvalue weighted by Crippen LogP contribution is 2.63. The van der Waals surface area contributed by atoms with Crippen molar-refractivity contribution in [2.24, 2.45) is 16.7 Å². The lowest BCUT2D eigenvalue weighted by molar-refractivity contribution is -0.137. The standard InChI is InChI=1S/C10H16O3/c1-9(5-11)6-3-7(12)10(9,2)8(13)4-6/h6-7,11-12H,3-5H2,1-2H3. The number of hydrogen-bond donors (Lipinski definition) is 2. The van der Waals surface area contributed by atoms with Gasteiger partial charge in [-0.05, 0) is 19.3 Å². The van der Waals surface area contributed by atoms with E-state index in [1.54, 1.807) is 6.92 Å². The van der Waals surface area contributed by atoms with Crippen LogP contribution in [0, 0.1) is 16.7 Å². The zero-order valence-electron chi connectivity index (χ0n) is 8.08. The number of fused-ring (bicyclic) bond motifs is 2. The molecule has 0 aliphatic heterocycles. The maximum absolute atomic E-state index is 11.7. The molecule has 0 aromatic carbocycles. The van der Waals surface area contributed by atoms with Crippen LogP contribution in [0.2, 0.25) is 0 Å². The highest BCUT2D eigenvalue weighted by molar-refractivity contribution is 5.90. The van der Waals surface area contributed by atoms with Crippen molar-refractivity contribution < 1.29 is 15.0 Å². The van der Waals surface area contributed by atoms with E-state index in [1.807, 2.05) is 6.92 Å². The second kappa shape index (κ2) is 2.34. The van der Waals surface area contributed by atoms with Gasteiger partial charge in [-0.15, -0.1) is 0 Å². The molecule has 0 saturated heterocycles. The lowest BCUT2D eigenvalue weighted by Crippen LogP contribution is -2.44. The van der Waals surface area contributed by atoms with Crippen molar-refractivity contribution in [3.8, 4) is 0 Å². The molecule has 2 N–H and O–H groups in total. The van der Waals surface area contributed by atoms with Crippen LogP contribution in [0.1, 0.15) is 26.7 Å². The van der Waals surface area contributed by atoms with E-state index in [-0.39, 0.29) is 18.3 Å². The van der Waals surface area contributed by atoms with Crippen molar-refractivity contribution in [1.82, 2.24) is 0 Å². The van der Waals surface area contributed by atoms with Gasteiger partial charge in [-0.2, -0.15) is 0 Å². The zero-order valence-corrected chi connectivity index (χ0v) is 8.08. The first kappa shape index (κ1) is 9.16. The number of aliphatic hydroxyl groups excluding tert-OH is 2. The van der Waals surface area contributed by atoms with Gasteiger partial charge in [0.2, 0.25) is 0 Å². The van der Waals surface area contributed by atoms with Gasteiger partial charge in [-0.25, -0.2) is 0 Å². The number of aliphatic hydroxyl groups is 2. The van der Waals surface area contributed by atoms with Gasteiger partial charge in [0.05, 0.1) is 11.5 Å². The number of carbonyl (C=O) groups excluding carboxylic acids is 1. The topological polar surface area (TPSA) is 57.5 Å². The second-order valence-corrected chi connectivity index (χ2v) is 4.85.